The first-order valence-electron chi connectivity index (χ1n) is 10.6. The molecule has 1 unspecified atom stereocenters. The average Bonchev–Trinajstić information content (AvgIpc) is 3.32. The van der Waals surface area contributed by atoms with Crippen LogP contribution in [0.25, 0.3) is 11.0 Å². The van der Waals surface area contributed by atoms with Crippen molar-refractivity contribution >= 4 is 38.6 Å². The van der Waals surface area contributed by atoms with Crippen molar-refractivity contribution in [2.24, 2.45) is 0 Å². The molecule has 1 N–H and O–H groups in total. The first-order chi connectivity index (χ1) is 15.8. The van der Waals surface area contributed by atoms with Gasteiger partial charge in [-0.15, -0.1) is 0 Å². The molecule has 0 spiro atoms. The molecule has 0 fully saturated rings. The monoisotopic (exact) mass is 512 g/mol. The number of ketones is 1. The van der Waals surface area contributed by atoms with E-state index in [0.717, 1.165) is 16.4 Å². The van der Waals surface area contributed by atoms with Gasteiger partial charge in [0.25, 0.3) is 5.91 Å². The lowest BCUT2D eigenvalue weighted by atomic mass is 9.94. The van der Waals surface area contributed by atoms with Crippen molar-refractivity contribution in [3.05, 3.63) is 75.7 Å². The van der Waals surface area contributed by atoms with Crippen LogP contribution in [0.3, 0.4) is 0 Å². The highest BCUT2D eigenvalue weighted by Crippen LogP contribution is 2.42. The Morgan fingerprint density at radius 1 is 1.21 bits per heavy atom. The van der Waals surface area contributed by atoms with Crippen LogP contribution < -0.4 is 4.74 Å². The molecule has 33 heavy (non-hydrogen) atoms. The van der Waals surface area contributed by atoms with E-state index in [4.69, 9.17) is 9.15 Å². The number of amides is 1. The zero-order valence-electron chi connectivity index (χ0n) is 18.7. The molecule has 172 valence electrons. The van der Waals surface area contributed by atoms with Gasteiger partial charge in [-0.2, -0.15) is 0 Å². The number of methoxy groups -OCH3 is 1. The van der Waals surface area contributed by atoms with Crippen molar-refractivity contribution in [1.82, 2.24) is 9.80 Å². The second-order valence-electron chi connectivity index (χ2n) is 8.18. The Hall–Kier alpha value is -3.10. The number of hydrogen-bond acceptors (Lipinski definition) is 6. The van der Waals surface area contributed by atoms with E-state index in [2.05, 4.69) is 15.9 Å². The van der Waals surface area contributed by atoms with Gasteiger partial charge in [-0.25, -0.2) is 0 Å². The first kappa shape index (κ1) is 23.1. The Labute approximate surface area is 200 Å². The van der Waals surface area contributed by atoms with E-state index in [9.17, 15) is 14.7 Å². The van der Waals surface area contributed by atoms with Crippen molar-refractivity contribution in [2.75, 3.05) is 34.3 Å². The summed E-state index contributed by atoms with van der Waals surface area (Å²) in [6, 6.07) is 13.5. The van der Waals surface area contributed by atoms with Crippen molar-refractivity contribution in [1.29, 1.82) is 0 Å². The molecule has 0 bridgehead atoms. The number of benzene rings is 2. The van der Waals surface area contributed by atoms with Gasteiger partial charge in [0.05, 0.1) is 18.7 Å². The number of hydrogen-bond donors (Lipinski definition) is 1. The van der Waals surface area contributed by atoms with Crippen LogP contribution in [-0.2, 0) is 4.79 Å². The lowest BCUT2D eigenvalue weighted by Crippen LogP contribution is -2.33. The van der Waals surface area contributed by atoms with Crippen LogP contribution in [-0.4, -0.2) is 60.9 Å². The molecule has 1 atom stereocenters. The first-order valence-corrected chi connectivity index (χ1v) is 11.4. The number of nitrogens with zero attached hydrogens (tertiary/aromatic N) is 2. The van der Waals surface area contributed by atoms with Gasteiger partial charge in [-0.1, -0.05) is 34.1 Å². The smallest absolute Gasteiger partial charge is 0.290 e. The van der Waals surface area contributed by atoms with Crippen molar-refractivity contribution < 1.29 is 23.8 Å². The lowest BCUT2D eigenvalue weighted by Gasteiger charge is -2.28. The van der Waals surface area contributed by atoms with Crippen LogP contribution in [0.2, 0.25) is 0 Å². The van der Waals surface area contributed by atoms with E-state index in [1.807, 2.05) is 43.3 Å². The minimum atomic E-state index is -0.789. The number of aliphatic hydroxyl groups is 1. The van der Waals surface area contributed by atoms with Crippen LogP contribution >= 0.6 is 15.9 Å². The second kappa shape index (κ2) is 9.41. The number of halogens is 1. The van der Waals surface area contributed by atoms with Gasteiger partial charge >= 0.3 is 0 Å². The summed E-state index contributed by atoms with van der Waals surface area (Å²) >= 11 is 3.42. The Morgan fingerprint density at radius 2 is 1.97 bits per heavy atom. The van der Waals surface area contributed by atoms with Gasteiger partial charge in [-0.3, -0.25) is 9.59 Å². The fourth-order valence-corrected chi connectivity index (χ4v) is 4.53. The maximum absolute atomic E-state index is 13.6. The number of rotatable bonds is 8. The summed E-state index contributed by atoms with van der Waals surface area (Å²) in [7, 11) is 5.44. The molecule has 3 aromatic rings. The summed E-state index contributed by atoms with van der Waals surface area (Å²) in [4.78, 5) is 30.3. The predicted octanol–water partition coefficient (Wildman–Crippen LogP) is 4.73. The van der Waals surface area contributed by atoms with Crippen molar-refractivity contribution in [2.45, 2.75) is 12.5 Å². The molecule has 7 nitrogen and oxygen atoms in total. The van der Waals surface area contributed by atoms with Crippen molar-refractivity contribution in [3.63, 3.8) is 0 Å². The molecule has 1 aromatic heterocycles. The van der Waals surface area contributed by atoms with E-state index < -0.39 is 23.5 Å². The Bertz CT molecular complexity index is 1250. The van der Waals surface area contributed by atoms with E-state index in [-0.39, 0.29) is 11.3 Å². The van der Waals surface area contributed by atoms with E-state index in [0.29, 0.717) is 29.9 Å². The summed E-state index contributed by atoms with van der Waals surface area (Å²) in [6.45, 7) is 1.12. The largest absolute Gasteiger partial charge is 0.503 e. The number of ether oxygens (including phenoxy) is 1. The molecule has 0 radical (unpaired) electrons. The SMILES string of the molecule is COc1ccccc1C1C(C(=O)c2cc3cc(Br)ccc3o2)=C(O)C(=O)N1CCCN(C)C. The normalized spacial score (nSPS) is 16.3. The maximum atomic E-state index is 13.6. The van der Waals surface area contributed by atoms with E-state index in [1.54, 1.807) is 24.3 Å². The van der Waals surface area contributed by atoms with Gasteiger partial charge in [-0.05, 0) is 57.4 Å². The summed E-state index contributed by atoms with van der Waals surface area (Å²) in [5.41, 5.74) is 1.17. The number of carbonyl (C=O) groups is 2. The molecule has 2 heterocycles. The highest BCUT2D eigenvalue weighted by Gasteiger charge is 2.45. The molecule has 1 aliphatic rings. The van der Waals surface area contributed by atoms with Gasteiger partial charge in [0.2, 0.25) is 5.78 Å². The third-order valence-electron chi connectivity index (χ3n) is 5.69. The second-order valence-corrected chi connectivity index (χ2v) is 9.10. The summed E-state index contributed by atoms with van der Waals surface area (Å²) in [6.07, 6.45) is 0.678. The standard InChI is InChI=1S/C25H25BrN2O5/c1-27(2)11-6-12-28-22(17-7-4-5-8-19(17)32-3)21(24(30)25(28)31)23(29)20-14-15-13-16(26)9-10-18(15)33-20/h4-5,7-10,13-14,22,30H,6,11-12H2,1-3H3. The average molecular weight is 513 g/mol. The summed E-state index contributed by atoms with van der Waals surface area (Å²) in [5.74, 6) is -1.07. The zero-order chi connectivity index (χ0) is 23.7. The summed E-state index contributed by atoms with van der Waals surface area (Å²) in [5, 5.41) is 11.6. The van der Waals surface area contributed by atoms with Crippen LogP contribution in [0.5, 0.6) is 5.75 Å². The zero-order valence-corrected chi connectivity index (χ0v) is 20.3. The Morgan fingerprint density at radius 3 is 2.70 bits per heavy atom. The number of carbonyl (C=O) groups excluding carboxylic acids is 2. The topological polar surface area (TPSA) is 83.2 Å². The molecular weight excluding hydrogens is 488 g/mol. The molecular formula is C25H25BrN2O5. The molecule has 0 aliphatic carbocycles. The molecule has 1 amide bonds. The van der Waals surface area contributed by atoms with Gasteiger partial charge in [0.1, 0.15) is 11.3 Å². The Kier molecular flexibility index (Phi) is 6.58. The summed E-state index contributed by atoms with van der Waals surface area (Å²) < 4.78 is 12.2. The van der Waals surface area contributed by atoms with E-state index in [1.165, 1.54) is 12.0 Å². The molecule has 1 aliphatic heterocycles. The van der Waals surface area contributed by atoms with Crippen LogP contribution in [0.1, 0.15) is 28.6 Å². The molecule has 0 saturated heterocycles. The van der Waals surface area contributed by atoms with Crippen molar-refractivity contribution in [3.8, 4) is 5.75 Å². The van der Waals surface area contributed by atoms with Crippen LogP contribution in [0, 0.1) is 0 Å². The number of aliphatic hydroxyl groups excluding tert-OH is 1. The number of furan rings is 1. The lowest BCUT2D eigenvalue weighted by molar-refractivity contribution is -0.129. The highest BCUT2D eigenvalue weighted by molar-refractivity contribution is 9.10. The highest BCUT2D eigenvalue weighted by atomic mass is 79.9. The maximum Gasteiger partial charge on any atom is 0.290 e. The van der Waals surface area contributed by atoms with Gasteiger partial charge in [0, 0.05) is 22.0 Å². The molecule has 0 saturated carbocycles. The van der Waals surface area contributed by atoms with Gasteiger partial charge in [0.15, 0.2) is 11.5 Å². The van der Waals surface area contributed by atoms with Crippen LogP contribution in [0.4, 0.5) is 0 Å². The fourth-order valence-electron chi connectivity index (χ4n) is 4.15. The Balaban J connectivity index is 1.78. The third kappa shape index (κ3) is 4.41. The minimum Gasteiger partial charge on any atom is -0.503 e. The quantitative estimate of drug-likeness (QED) is 0.439. The molecule has 4 rings (SSSR count). The number of para-hydroxylation sites is 1. The predicted molar refractivity (Wildman–Crippen MR) is 129 cm³/mol. The van der Waals surface area contributed by atoms with Crippen LogP contribution in [0.15, 0.2) is 68.8 Å². The molecule has 2 aromatic carbocycles. The molecule has 8 heteroatoms. The number of fused-ring (bicyclic) bond motifs is 1. The third-order valence-corrected chi connectivity index (χ3v) is 6.18. The minimum absolute atomic E-state index is 0.00697. The fraction of sp³-hybridized carbons (Fsp3) is 0.280. The van der Waals surface area contributed by atoms with E-state index >= 15 is 0 Å². The van der Waals surface area contributed by atoms with Gasteiger partial charge < -0.3 is 24.1 Å². The number of Topliss-reactive ketones (excluding diaryl/α,β-unsaturated/α-hetero) is 1.